The first-order valence-electron chi connectivity index (χ1n) is 40.8. The van der Waals surface area contributed by atoms with Gasteiger partial charge < -0.3 is 55.8 Å². The SMILES string of the molecule is C.C.C.C.C.C.C.C.C.C.CC(C)N(C)CCc1ccccn1.CC(C)N1CCCN(C)CC1.CC(C)N1CCCN(C)CCC1.CC(C)N1CCCNCC1.CC(C)N1CCCNCCC1.CC(C)N1CCN(C)CC1.CC(C)N1CCN(CCO)CC1.CC(C)N1CCNCC1.CC(C)N1C[C@@H](C)N[C@@H](C)C1. The molecular weight excluding hydrogens is 1350 g/mol. The lowest BCUT2D eigenvalue weighted by Crippen LogP contribution is -2.55. The van der Waals surface area contributed by atoms with E-state index >= 15 is 0 Å². The molecule has 0 aliphatic carbocycles. The molecule has 2 atom stereocenters. The van der Waals surface area contributed by atoms with Gasteiger partial charge >= 0.3 is 0 Å². The second kappa shape index (κ2) is 78.9. The largest absolute Gasteiger partial charge is 0.395 e. The molecule has 8 saturated heterocycles. The molecule has 19 nitrogen and oxygen atoms in total. The minimum absolute atomic E-state index is 0. The van der Waals surface area contributed by atoms with Crippen LogP contribution in [0.15, 0.2) is 24.4 Å². The molecule has 0 bridgehead atoms. The van der Waals surface area contributed by atoms with E-state index < -0.39 is 0 Å². The second-order valence-corrected chi connectivity index (χ2v) is 32.4. The molecule has 0 amide bonds. The van der Waals surface area contributed by atoms with E-state index in [2.05, 4.69) is 263 Å². The number of β-amino-alcohol motifs (C(OH)–C–C–N with tert-alkyl or cyclic N) is 1. The number of likely N-dealkylation sites (N-methyl/N-ethyl adjacent to an activating group) is 3. The molecule has 0 saturated carbocycles. The van der Waals surface area contributed by atoms with E-state index in [4.69, 9.17) is 5.11 Å². The van der Waals surface area contributed by atoms with Gasteiger partial charge in [-0.05, 0) is 296 Å². The van der Waals surface area contributed by atoms with Crippen molar-refractivity contribution in [3.63, 3.8) is 0 Å². The van der Waals surface area contributed by atoms with Crippen molar-refractivity contribution in [2.45, 2.75) is 324 Å². The third-order valence-corrected chi connectivity index (χ3v) is 21.0. The Hall–Kier alpha value is -1.57. The maximum Gasteiger partial charge on any atom is 0.0558 e. The average molecular weight is 1560 g/mol. The van der Waals surface area contributed by atoms with Gasteiger partial charge in [-0.2, -0.15) is 0 Å². The van der Waals surface area contributed by atoms with E-state index in [9.17, 15) is 0 Å². The third-order valence-electron chi connectivity index (χ3n) is 21.0. The summed E-state index contributed by atoms with van der Waals surface area (Å²) >= 11 is 0. The quantitative estimate of drug-likeness (QED) is 0.121. The molecule has 1 aromatic rings. The Morgan fingerprint density at radius 1 is 0.367 bits per heavy atom. The van der Waals surface area contributed by atoms with E-state index in [0.29, 0.717) is 36.8 Å². The Labute approximate surface area is 690 Å². The highest BCUT2D eigenvalue weighted by atomic mass is 16.3. The van der Waals surface area contributed by atoms with Gasteiger partial charge in [0, 0.05) is 216 Å². The number of hydrogen-bond acceptors (Lipinski definition) is 19. The highest BCUT2D eigenvalue weighted by Crippen LogP contribution is 2.11. The first kappa shape index (κ1) is 128. The fourth-order valence-corrected chi connectivity index (χ4v) is 13.4. The van der Waals surface area contributed by atoms with Gasteiger partial charge in [-0.25, -0.2) is 0 Å². The summed E-state index contributed by atoms with van der Waals surface area (Å²) in [7, 11) is 8.78. The van der Waals surface area contributed by atoms with Crippen molar-refractivity contribution in [3.05, 3.63) is 30.1 Å². The summed E-state index contributed by atoms with van der Waals surface area (Å²) < 4.78 is 0. The predicted molar refractivity (Wildman–Crippen MR) is 501 cm³/mol. The topological polar surface area (TPSA) is 123 Å². The van der Waals surface area contributed by atoms with Crippen LogP contribution in [0.2, 0.25) is 0 Å². The molecular formula is C90H212N18O. The monoisotopic (exact) mass is 1560 g/mol. The van der Waals surface area contributed by atoms with Crippen LogP contribution in [0.5, 0.6) is 0 Å². The molecule has 668 valence electrons. The van der Waals surface area contributed by atoms with Gasteiger partial charge in [0.25, 0.3) is 0 Å². The zero-order valence-electron chi connectivity index (χ0n) is 70.2. The molecule has 1 aromatic heterocycles. The van der Waals surface area contributed by atoms with Crippen LogP contribution in [-0.4, -0.2) is 384 Å². The Bertz CT molecular complexity index is 1870. The van der Waals surface area contributed by atoms with Crippen LogP contribution >= 0.6 is 0 Å². The lowest BCUT2D eigenvalue weighted by molar-refractivity contribution is 0.0939. The minimum atomic E-state index is 0. The van der Waals surface area contributed by atoms with Crippen molar-refractivity contribution in [1.29, 1.82) is 0 Å². The fraction of sp³-hybridized carbons (Fsp3) is 0.944. The predicted octanol–water partition coefficient (Wildman–Crippen LogP) is 14.6. The number of pyridine rings is 1. The number of hydrogen-bond donors (Lipinski definition) is 5. The van der Waals surface area contributed by atoms with E-state index in [1.54, 1.807) is 0 Å². The molecule has 8 aliphatic heterocycles. The molecule has 0 spiro atoms. The van der Waals surface area contributed by atoms with Crippen molar-refractivity contribution in [3.8, 4) is 0 Å². The molecule has 8 aliphatic rings. The number of piperazine rings is 4. The van der Waals surface area contributed by atoms with Crippen LogP contribution in [0.25, 0.3) is 0 Å². The summed E-state index contributed by atoms with van der Waals surface area (Å²) in [6, 6.07) is 13.7. The number of aliphatic hydroxyl groups is 1. The van der Waals surface area contributed by atoms with Crippen LogP contribution in [0.1, 0.15) is 257 Å². The van der Waals surface area contributed by atoms with Crippen molar-refractivity contribution in [1.82, 2.24) is 89.9 Å². The van der Waals surface area contributed by atoms with E-state index in [1.165, 1.54) is 195 Å². The standard InChI is InChI=1S/C11H18N2.C10H22N2.C9H20N2O.3C9H20N2.2C8H18N2.C7H16N2.10CH4/c1-10(2)13(3)9-7-11-6-4-5-8-12-11;1-10(2)12-8-4-6-11(3)7-5-9-12;1-9(2)11-5-3-10(4-6-11)7-8-12;1-7(2)11-5-8(3)10-9(4)6-11;1-9(2)11-6-4-5-10(3)7-8-11;1-9(2)11-7-3-5-10-6-4-8-11;1-8(2)10-6-4-9(3)5-7-10;1-8(2)10-6-3-4-9-5-7-10;1-7(2)9-5-3-8-4-6-9;;;;;;;;;;/h4-6,8,10H,7,9H2,1-3H3;10H,4-9H2,1-3H3;9,12H,3-8H2,1-2H3;7-10H,5-6H2,1-4H3;9H,4-8H2,1-3H3;9-10H,3-8H2,1-2H3;8H,4-7H2,1-3H3;8-9H,3-7H2,1-2H3;7-8H,3-6H2,1-2H3;10*1H4/t;;;8-,9+;;;;;;;;;;;;;;;. The zero-order chi connectivity index (χ0) is 74.1. The summed E-state index contributed by atoms with van der Waals surface area (Å²) in [5.74, 6) is 0. The summed E-state index contributed by atoms with van der Waals surface area (Å²) in [5, 5.41) is 22.4. The first-order valence-corrected chi connectivity index (χ1v) is 40.8. The highest BCUT2D eigenvalue weighted by molar-refractivity contribution is 5.03. The van der Waals surface area contributed by atoms with Crippen LogP contribution in [0, 0.1) is 0 Å². The minimum Gasteiger partial charge on any atom is -0.395 e. The maximum absolute atomic E-state index is 8.74. The molecule has 9 rings (SSSR count). The number of nitrogens with one attached hydrogen (secondary N) is 4. The zero-order valence-corrected chi connectivity index (χ0v) is 70.2. The van der Waals surface area contributed by atoms with Crippen molar-refractivity contribution in [2.24, 2.45) is 0 Å². The average Bonchev–Trinajstić information content (AvgIpc) is 1.63. The van der Waals surface area contributed by atoms with Gasteiger partial charge in [0.05, 0.1) is 6.61 Å². The van der Waals surface area contributed by atoms with Crippen LogP contribution in [0.4, 0.5) is 0 Å². The summed E-state index contributed by atoms with van der Waals surface area (Å²) in [5.41, 5.74) is 1.18. The lowest BCUT2D eigenvalue weighted by atomic mass is 10.1. The first-order chi connectivity index (χ1) is 47.0. The normalized spacial score (nSPS) is 20.9. The lowest BCUT2D eigenvalue weighted by Gasteiger charge is -2.38. The van der Waals surface area contributed by atoms with Gasteiger partial charge in [0.15, 0.2) is 0 Å². The Kier molecular flexibility index (Phi) is 92.8. The summed E-state index contributed by atoms with van der Waals surface area (Å²) in [6.07, 6.45) is 10.8. The Morgan fingerprint density at radius 2 is 0.651 bits per heavy atom. The second-order valence-electron chi connectivity index (χ2n) is 32.4. The summed E-state index contributed by atoms with van der Waals surface area (Å²) in [4.78, 5) is 36.5. The molecule has 0 aromatic carbocycles. The van der Waals surface area contributed by atoms with Crippen molar-refractivity contribution < 1.29 is 5.11 Å². The number of nitrogens with zero attached hydrogens (tertiary/aromatic N) is 14. The van der Waals surface area contributed by atoms with Crippen LogP contribution < -0.4 is 21.3 Å². The van der Waals surface area contributed by atoms with Gasteiger partial charge in [-0.1, -0.05) is 80.3 Å². The fourth-order valence-electron chi connectivity index (χ4n) is 13.4. The van der Waals surface area contributed by atoms with E-state index in [0.717, 1.165) is 102 Å². The highest BCUT2D eigenvalue weighted by Gasteiger charge is 2.23. The summed E-state index contributed by atoms with van der Waals surface area (Å²) in [6.45, 7) is 84.0. The maximum atomic E-state index is 8.74. The molecule has 109 heavy (non-hydrogen) atoms. The van der Waals surface area contributed by atoms with Gasteiger partial charge in [0.1, 0.15) is 0 Å². The van der Waals surface area contributed by atoms with Gasteiger partial charge in [0.2, 0.25) is 0 Å². The molecule has 0 radical (unpaired) electrons. The van der Waals surface area contributed by atoms with Crippen LogP contribution in [-0.2, 0) is 6.42 Å². The number of rotatable bonds is 14. The van der Waals surface area contributed by atoms with E-state index in [-0.39, 0.29) is 74.3 Å². The van der Waals surface area contributed by atoms with Gasteiger partial charge in [-0.3, -0.25) is 39.3 Å². The van der Waals surface area contributed by atoms with Crippen molar-refractivity contribution in [2.75, 3.05) is 244 Å². The molecule has 8 fully saturated rings. The van der Waals surface area contributed by atoms with Crippen molar-refractivity contribution >= 4 is 0 Å². The van der Waals surface area contributed by atoms with Crippen LogP contribution in [0.3, 0.4) is 0 Å². The Balaban J connectivity index is -0.000000125. The molecule has 5 N–H and O–H groups in total. The molecule has 0 unspecified atom stereocenters. The molecule has 9 heterocycles. The third kappa shape index (κ3) is 66.2. The number of aromatic nitrogens is 1. The van der Waals surface area contributed by atoms with Gasteiger partial charge in [-0.15, -0.1) is 0 Å². The van der Waals surface area contributed by atoms with E-state index in [1.807, 2.05) is 18.3 Å². The molecule has 19 heteroatoms. The Morgan fingerprint density at radius 3 is 0.982 bits per heavy atom. The smallest absolute Gasteiger partial charge is 0.0558 e. The number of aliphatic hydroxyl groups excluding tert-OH is 1.